The van der Waals surface area contributed by atoms with E-state index >= 15 is 0 Å². The van der Waals surface area contributed by atoms with Crippen LogP contribution in [0.25, 0.3) is 0 Å². The number of carbonyl (C=O) groups is 1. The first-order valence-electron chi connectivity index (χ1n) is 7.02. The van der Waals surface area contributed by atoms with Gasteiger partial charge in [-0.3, -0.25) is 9.69 Å². The summed E-state index contributed by atoms with van der Waals surface area (Å²) in [7, 11) is 0. The van der Waals surface area contributed by atoms with Crippen LogP contribution in [0.3, 0.4) is 0 Å². The molecular weight excluding hydrogens is 238 g/mol. The molecule has 3 heteroatoms. The van der Waals surface area contributed by atoms with E-state index in [2.05, 4.69) is 43.0 Å². The minimum absolute atomic E-state index is 0.116. The van der Waals surface area contributed by atoms with Crippen molar-refractivity contribution < 1.29 is 9.90 Å². The van der Waals surface area contributed by atoms with Crippen LogP contribution in [0.15, 0.2) is 24.3 Å². The van der Waals surface area contributed by atoms with Crippen LogP contribution >= 0.6 is 0 Å². The monoisotopic (exact) mass is 261 g/mol. The Kier molecular flexibility index (Phi) is 4.25. The molecule has 1 unspecified atom stereocenters. The van der Waals surface area contributed by atoms with Gasteiger partial charge in [0.15, 0.2) is 0 Å². The minimum atomic E-state index is -0.704. The molecule has 0 aliphatic carbocycles. The predicted octanol–water partition coefficient (Wildman–Crippen LogP) is 2.87. The lowest BCUT2D eigenvalue weighted by Gasteiger charge is -2.35. The third-order valence-corrected chi connectivity index (χ3v) is 4.21. The van der Waals surface area contributed by atoms with Crippen molar-refractivity contribution in [2.45, 2.75) is 45.1 Å². The molecule has 0 bridgehead atoms. The molecule has 1 N–H and O–H groups in total. The van der Waals surface area contributed by atoms with Crippen molar-refractivity contribution in [3.63, 3.8) is 0 Å². The van der Waals surface area contributed by atoms with Gasteiger partial charge in [-0.1, -0.05) is 29.8 Å². The second kappa shape index (κ2) is 5.74. The molecule has 1 heterocycles. The van der Waals surface area contributed by atoms with Gasteiger partial charge < -0.3 is 5.11 Å². The largest absolute Gasteiger partial charge is 0.481 e. The van der Waals surface area contributed by atoms with Crippen molar-refractivity contribution in [2.24, 2.45) is 0 Å². The van der Waals surface area contributed by atoms with Crippen LogP contribution in [-0.4, -0.2) is 34.6 Å². The molecule has 1 aliphatic rings. The summed E-state index contributed by atoms with van der Waals surface area (Å²) >= 11 is 0. The van der Waals surface area contributed by atoms with Crippen LogP contribution in [0, 0.1) is 6.92 Å². The molecular formula is C16H23NO2. The number of aliphatic carboxylic acids is 1. The highest BCUT2D eigenvalue weighted by atomic mass is 16.4. The summed E-state index contributed by atoms with van der Waals surface area (Å²) < 4.78 is 0. The second-order valence-corrected chi connectivity index (χ2v) is 5.89. The van der Waals surface area contributed by atoms with Gasteiger partial charge in [0, 0.05) is 12.1 Å². The van der Waals surface area contributed by atoms with E-state index < -0.39 is 5.97 Å². The van der Waals surface area contributed by atoms with E-state index in [-0.39, 0.29) is 12.0 Å². The average Bonchev–Trinajstić information content (AvgIpc) is 2.71. The lowest BCUT2D eigenvalue weighted by atomic mass is 9.90. The van der Waals surface area contributed by atoms with Crippen LogP contribution in [0.2, 0.25) is 0 Å². The molecule has 1 aliphatic heterocycles. The Balaban J connectivity index is 2.03. The highest BCUT2D eigenvalue weighted by molar-refractivity contribution is 5.66. The summed E-state index contributed by atoms with van der Waals surface area (Å²) in [6.45, 7) is 6.05. The topological polar surface area (TPSA) is 40.5 Å². The summed E-state index contributed by atoms with van der Waals surface area (Å²) in [5.74, 6) is -0.704. The fourth-order valence-electron chi connectivity index (χ4n) is 3.04. The van der Waals surface area contributed by atoms with E-state index in [0.717, 1.165) is 19.4 Å². The number of carboxylic acids is 1. The number of carboxylic acid groups (broad SMARTS) is 1. The highest BCUT2D eigenvalue weighted by Gasteiger charge is 2.36. The number of hydrogen-bond donors (Lipinski definition) is 1. The molecule has 1 aromatic rings. The van der Waals surface area contributed by atoms with Gasteiger partial charge in [-0.25, -0.2) is 0 Å². The quantitative estimate of drug-likeness (QED) is 0.886. The van der Waals surface area contributed by atoms with Crippen LogP contribution in [-0.2, 0) is 11.2 Å². The Morgan fingerprint density at radius 2 is 2.05 bits per heavy atom. The molecule has 3 nitrogen and oxygen atoms in total. The molecule has 0 saturated carbocycles. The third-order valence-electron chi connectivity index (χ3n) is 4.21. The third kappa shape index (κ3) is 3.57. The molecule has 104 valence electrons. The maximum Gasteiger partial charge on any atom is 0.304 e. The van der Waals surface area contributed by atoms with E-state index in [0.29, 0.717) is 6.54 Å². The van der Waals surface area contributed by atoms with Crippen molar-refractivity contribution in [1.29, 1.82) is 0 Å². The van der Waals surface area contributed by atoms with Crippen molar-refractivity contribution in [2.75, 3.05) is 13.1 Å². The maximum atomic E-state index is 10.7. The molecule has 19 heavy (non-hydrogen) atoms. The Labute approximate surface area is 115 Å². The van der Waals surface area contributed by atoms with Gasteiger partial charge in [-0.15, -0.1) is 0 Å². The molecule has 2 rings (SSSR count). The van der Waals surface area contributed by atoms with E-state index in [1.165, 1.54) is 17.5 Å². The Hall–Kier alpha value is -1.35. The number of likely N-dealkylation sites (tertiary alicyclic amines) is 1. The number of nitrogens with zero attached hydrogens (tertiary/aromatic N) is 1. The Bertz CT molecular complexity index is 441. The lowest BCUT2D eigenvalue weighted by molar-refractivity contribution is -0.137. The summed E-state index contributed by atoms with van der Waals surface area (Å²) in [6.07, 6.45) is 3.57. The SMILES string of the molecule is Cc1ccc(CC2(C)CCCN2CCC(=O)O)cc1. The lowest BCUT2D eigenvalue weighted by Crippen LogP contribution is -2.43. The fraction of sp³-hybridized carbons (Fsp3) is 0.562. The zero-order chi connectivity index (χ0) is 13.9. The fourth-order valence-corrected chi connectivity index (χ4v) is 3.04. The van der Waals surface area contributed by atoms with E-state index in [1.807, 2.05) is 0 Å². The van der Waals surface area contributed by atoms with E-state index in [9.17, 15) is 4.79 Å². The molecule has 0 spiro atoms. The summed E-state index contributed by atoms with van der Waals surface area (Å²) in [5, 5.41) is 8.84. The van der Waals surface area contributed by atoms with E-state index in [1.54, 1.807) is 0 Å². The van der Waals surface area contributed by atoms with Gasteiger partial charge in [-0.2, -0.15) is 0 Å². The summed E-state index contributed by atoms with van der Waals surface area (Å²) in [4.78, 5) is 13.1. The van der Waals surface area contributed by atoms with Crippen molar-refractivity contribution in [3.05, 3.63) is 35.4 Å². The highest BCUT2D eigenvalue weighted by Crippen LogP contribution is 2.32. The molecule has 0 amide bonds. The number of benzene rings is 1. The minimum Gasteiger partial charge on any atom is -0.481 e. The van der Waals surface area contributed by atoms with Crippen molar-refractivity contribution in [3.8, 4) is 0 Å². The van der Waals surface area contributed by atoms with Gasteiger partial charge in [0.2, 0.25) is 0 Å². The second-order valence-electron chi connectivity index (χ2n) is 5.89. The number of aryl methyl sites for hydroxylation is 1. The van der Waals surface area contributed by atoms with Gasteiger partial charge in [0.05, 0.1) is 6.42 Å². The van der Waals surface area contributed by atoms with Gasteiger partial charge in [0.1, 0.15) is 0 Å². The molecule has 0 radical (unpaired) electrons. The van der Waals surface area contributed by atoms with Crippen LogP contribution < -0.4 is 0 Å². The first-order chi connectivity index (χ1) is 8.99. The summed E-state index contributed by atoms with van der Waals surface area (Å²) in [6, 6.07) is 8.67. The van der Waals surface area contributed by atoms with Gasteiger partial charge >= 0.3 is 5.97 Å². The van der Waals surface area contributed by atoms with Crippen molar-refractivity contribution >= 4 is 5.97 Å². The Morgan fingerprint density at radius 1 is 1.37 bits per heavy atom. The maximum absolute atomic E-state index is 10.7. The number of rotatable bonds is 5. The zero-order valence-corrected chi connectivity index (χ0v) is 11.9. The summed E-state index contributed by atoms with van der Waals surface area (Å²) in [5.41, 5.74) is 2.74. The molecule has 1 saturated heterocycles. The molecule has 1 aromatic carbocycles. The van der Waals surface area contributed by atoms with E-state index in [4.69, 9.17) is 5.11 Å². The van der Waals surface area contributed by atoms with Gasteiger partial charge in [0.25, 0.3) is 0 Å². The van der Waals surface area contributed by atoms with Crippen LogP contribution in [0.5, 0.6) is 0 Å². The first kappa shape index (κ1) is 14.1. The molecule has 0 aromatic heterocycles. The number of hydrogen-bond acceptors (Lipinski definition) is 2. The van der Waals surface area contributed by atoms with Crippen LogP contribution in [0.1, 0.15) is 37.3 Å². The van der Waals surface area contributed by atoms with Crippen LogP contribution in [0.4, 0.5) is 0 Å². The van der Waals surface area contributed by atoms with Crippen molar-refractivity contribution in [1.82, 2.24) is 4.90 Å². The molecule has 1 atom stereocenters. The predicted molar refractivity (Wildman–Crippen MR) is 76.3 cm³/mol. The van der Waals surface area contributed by atoms with Gasteiger partial charge in [-0.05, 0) is 45.2 Å². The standard InChI is InChI=1S/C16H23NO2/c1-13-4-6-14(7-5-13)12-16(2)9-3-10-17(16)11-8-15(18)19/h4-7H,3,8-12H2,1-2H3,(H,18,19). The normalized spacial score (nSPS) is 23.7. The zero-order valence-electron chi connectivity index (χ0n) is 11.9. The molecule has 1 fully saturated rings. The smallest absolute Gasteiger partial charge is 0.304 e. The first-order valence-corrected chi connectivity index (χ1v) is 7.02. The average molecular weight is 261 g/mol. The Morgan fingerprint density at radius 3 is 2.68 bits per heavy atom.